The molecule has 1 amide bonds. The van der Waals surface area contributed by atoms with E-state index in [0.717, 1.165) is 4.88 Å². The Kier molecular flexibility index (Phi) is 6.15. The molecular weight excluding hydrogens is 404 g/mol. The van der Waals surface area contributed by atoms with Gasteiger partial charge in [0.25, 0.3) is 10.0 Å². The monoisotopic (exact) mass is 420 g/mol. The summed E-state index contributed by atoms with van der Waals surface area (Å²) in [7, 11) is -3.68. The van der Waals surface area contributed by atoms with Crippen molar-refractivity contribution in [2.24, 2.45) is 0 Å². The second-order valence-electron chi connectivity index (χ2n) is 5.75. The maximum atomic E-state index is 12.4. The number of benzene rings is 2. The van der Waals surface area contributed by atoms with E-state index >= 15 is 0 Å². The fourth-order valence-electron chi connectivity index (χ4n) is 2.42. The number of anilines is 2. The quantitative estimate of drug-likeness (QED) is 0.577. The van der Waals surface area contributed by atoms with Gasteiger partial charge < -0.3 is 5.32 Å². The SMILES string of the molecule is O=C(CCc1ccc(Cl)s1)Nc1cccc(NS(=O)(=O)c2ccccc2)c1. The molecule has 3 aromatic rings. The third kappa shape index (κ3) is 5.56. The van der Waals surface area contributed by atoms with Crippen LogP contribution in [0.5, 0.6) is 0 Å². The number of amides is 1. The Hall–Kier alpha value is -2.35. The molecule has 0 atom stereocenters. The van der Waals surface area contributed by atoms with E-state index in [2.05, 4.69) is 10.0 Å². The minimum absolute atomic E-state index is 0.150. The number of sulfonamides is 1. The Bertz CT molecular complexity index is 1030. The van der Waals surface area contributed by atoms with Gasteiger partial charge in [0, 0.05) is 17.0 Å². The average Bonchev–Trinajstić information content (AvgIpc) is 3.06. The number of hydrogen-bond acceptors (Lipinski definition) is 4. The minimum atomic E-state index is -3.68. The van der Waals surface area contributed by atoms with Crippen LogP contribution >= 0.6 is 22.9 Å². The van der Waals surface area contributed by atoms with E-state index in [-0.39, 0.29) is 10.8 Å². The molecular formula is C19H17ClN2O3S2. The van der Waals surface area contributed by atoms with Crippen molar-refractivity contribution in [3.8, 4) is 0 Å². The summed E-state index contributed by atoms with van der Waals surface area (Å²) in [6.45, 7) is 0. The molecule has 140 valence electrons. The molecule has 0 fully saturated rings. The summed E-state index contributed by atoms with van der Waals surface area (Å²) in [6.07, 6.45) is 0.917. The van der Waals surface area contributed by atoms with Crippen molar-refractivity contribution < 1.29 is 13.2 Å². The molecule has 0 aliphatic carbocycles. The van der Waals surface area contributed by atoms with Crippen LogP contribution in [0.15, 0.2) is 71.6 Å². The van der Waals surface area contributed by atoms with Gasteiger partial charge in [0.2, 0.25) is 5.91 Å². The standard InChI is InChI=1S/C19H17ClN2O3S2/c20-18-11-9-16(26-18)10-12-19(23)21-14-5-4-6-15(13-14)22-27(24,25)17-7-2-1-3-8-17/h1-9,11,13,22H,10,12H2,(H,21,23). The summed E-state index contributed by atoms with van der Waals surface area (Å²) in [5.74, 6) is -0.150. The lowest BCUT2D eigenvalue weighted by Gasteiger charge is -2.10. The van der Waals surface area contributed by atoms with Crippen LogP contribution in [0.2, 0.25) is 4.34 Å². The van der Waals surface area contributed by atoms with E-state index in [4.69, 9.17) is 11.6 Å². The van der Waals surface area contributed by atoms with Gasteiger partial charge in [0.05, 0.1) is 14.9 Å². The van der Waals surface area contributed by atoms with Crippen molar-refractivity contribution >= 4 is 50.2 Å². The van der Waals surface area contributed by atoms with Crippen molar-refractivity contribution in [1.29, 1.82) is 0 Å². The van der Waals surface area contributed by atoms with Crippen LogP contribution in [-0.4, -0.2) is 14.3 Å². The topological polar surface area (TPSA) is 75.3 Å². The third-order valence-corrected chi connectivity index (χ3v) is 6.37. The fourth-order valence-corrected chi connectivity index (χ4v) is 4.58. The lowest BCUT2D eigenvalue weighted by molar-refractivity contribution is -0.116. The highest BCUT2D eigenvalue weighted by atomic mass is 35.5. The molecule has 0 spiro atoms. The molecule has 0 saturated carbocycles. The molecule has 27 heavy (non-hydrogen) atoms. The molecule has 1 heterocycles. The van der Waals surface area contributed by atoms with E-state index < -0.39 is 10.0 Å². The lowest BCUT2D eigenvalue weighted by atomic mass is 10.2. The van der Waals surface area contributed by atoms with Gasteiger partial charge in [-0.25, -0.2) is 8.42 Å². The Morgan fingerprint density at radius 2 is 1.70 bits per heavy atom. The third-order valence-electron chi connectivity index (χ3n) is 3.68. The van der Waals surface area contributed by atoms with Gasteiger partial charge >= 0.3 is 0 Å². The van der Waals surface area contributed by atoms with Gasteiger partial charge in [-0.1, -0.05) is 35.9 Å². The molecule has 2 aromatic carbocycles. The number of hydrogen-bond donors (Lipinski definition) is 2. The number of rotatable bonds is 7. The highest BCUT2D eigenvalue weighted by Gasteiger charge is 2.14. The van der Waals surface area contributed by atoms with E-state index in [9.17, 15) is 13.2 Å². The Morgan fingerprint density at radius 3 is 2.41 bits per heavy atom. The molecule has 0 unspecified atom stereocenters. The van der Waals surface area contributed by atoms with Crippen LogP contribution in [0.3, 0.4) is 0 Å². The summed E-state index contributed by atoms with van der Waals surface area (Å²) in [5, 5.41) is 2.78. The van der Waals surface area contributed by atoms with E-state index in [1.54, 1.807) is 42.5 Å². The van der Waals surface area contributed by atoms with Crippen molar-refractivity contribution in [2.45, 2.75) is 17.7 Å². The van der Waals surface area contributed by atoms with Crippen LogP contribution in [0.1, 0.15) is 11.3 Å². The molecule has 0 aliphatic heterocycles. The molecule has 0 aliphatic rings. The summed E-state index contributed by atoms with van der Waals surface area (Å²) in [6, 6.07) is 18.4. The highest BCUT2D eigenvalue weighted by Crippen LogP contribution is 2.23. The summed E-state index contributed by atoms with van der Waals surface area (Å²) in [4.78, 5) is 13.3. The first kappa shape index (κ1) is 19.4. The summed E-state index contributed by atoms with van der Waals surface area (Å²) >= 11 is 7.33. The highest BCUT2D eigenvalue weighted by molar-refractivity contribution is 7.92. The van der Waals surface area contributed by atoms with Crippen LogP contribution in [-0.2, 0) is 21.2 Å². The summed E-state index contributed by atoms with van der Waals surface area (Å²) < 4.78 is 28.0. The number of halogens is 1. The first-order valence-electron chi connectivity index (χ1n) is 8.14. The maximum absolute atomic E-state index is 12.4. The first-order valence-corrected chi connectivity index (χ1v) is 10.8. The smallest absolute Gasteiger partial charge is 0.261 e. The normalized spacial score (nSPS) is 11.1. The van der Waals surface area contributed by atoms with E-state index in [1.807, 2.05) is 12.1 Å². The van der Waals surface area contributed by atoms with Gasteiger partial charge in [0.1, 0.15) is 0 Å². The second kappa shape index (κ2) is 8.56. The van der Waals surface area contributed by atoms with Crippen LogP contribution < -0.4 is 10.0 Å². The zero-order valence-corrected chi connectivity index (χ0v) is 16.6. The van der Waals surface area contributed by atoms with E-state index in [0.29, 0.717) is 28.6 Å². The molecule has 1 aromatic heterocycles. The number of aryl methyl sites for hydroxylation is 1. The number of carbonyl (C=O) groups is 1. The number of thiophene rings is 1. The van der Waals surface area contributed by atoms with Crippen molar-refractivity contribution in [1.82, 2.24) is 0 Å². The Labute approximate surface area is 167 Å². The zero-order chi connectivity index (χ0) is 19.3. The van der Waals surface area contributed by atoms with Crippen LogP contribution in [0, 0.1) is 0 Å². The minimum Gasteiger partial charge on any atom is -0.326 e. The van der Waals surface area contributed by atoms with Gasteiger partial charge in [-0.2, -0.15) is 0 Å². The van der Waals surface area contributed by atoms with Gasteiger partial charge in [-0.15, -0.1) is 11.3 Å². The van der Waals surface area contributed by atoms with Gasteiger partial charge in [-0.05, 0) is 48.9 Å². The molecule has 8 heteroatoms. The van der Waals surface area contributed by atoms with Crippen LogP contribution in [0.25, 0.3) is 0 Å². The number of carbonyl (C=O) groups excluding carboxylic acids is 1. The average molecular weight is 421 g/mol. The predicted molar refractivity (Wildman–Crippen MR) is 110 cm³/mol. The second-order valence-corrected chi connectivity index (χ2v) is 9.24. The van der Waals surface area contributed by atoms with Gasteiger partial charge in [-0.3, -0.25) is 9.52 Å². The Morgan fingerprint density at radius 1 is 0.963 bits per heavy atom. The van der Waals surface area contributed by atoms with Gasteiger partial charge in [0.15, 0.2) is 0 Å². The number of nitrogens with one attached hydrogen (secondary N) is 2. The first-order chi connectivity index (χ1) is 12.9. The maximum Gasteiger partial charge on any atom is 0.261 e. The van der Waals surface area contributed by atoms with E-state index in [1.165, 1.54) is 23.5 Å². The lowest BCUT2D eigenvalue weighted by Crippen LogP contribution is -2.14. The van der Waals surface area contributed by atoms with Crippen molar-refractivity contribution in [2.75, 3.05) is 10.0 Å². The van der Waals surface area contributed by atoms with Crippen LogP contribution in [0.4, 0.5) is 11.4 Å². The molecule has 0 radical (unpaired) electrons. The Balaban J connectivity index is 1.62. The zero-order valence-electron chi connectivity index (χ0n) is 14.2. The molecule has 5 nitrogen and oxygen atoms in total. The molecule has 0 bridgehead atoms. The molecule has 2 N–H and O–H groups in total. The predicted octanol–water partition coefficient (Wildman–Crippen LogP) is 4.77. The molecule has 3 rings (SSSR count). The molecule has 0 saturated heterocycles. The van der Waals surface area contributed by atoms with Crippen molar-refractivity contribution in [3.05, 3.63) is 75.9 Å². The fraction of sp³-hybridized carbons (Fsp3) is 0.105. The summed E-state index contributed by atoms with van der Waals surface area (Å²) in [5.41, 5.74) is 0.902. The largest absolute Gasteiger partial charge is 0.326 e. The van der Waals surface area contributed by atoms with Crippen molar-refractivity contribution in [3.63, 3.8) is 0 Å².